The molecular formula is C16H17NO5S. The molecule has 0 spiro atoms. The minimum atomic E-state index is -3.61. The first kappa shape index (κ1) is 16.9. The Morgan fingerprint density at radius 1 is 0.957 bits per heavy atom. The second-order valence-corrected chi connectivity index (χ2v) is 6.56. The highest BCUT2D eigenvalue weighted by Gasteiger charge is 2.05. The number of benzene rings is 2. The van der Waals surface area contributed by atoms with Crippen LogP contribution in [0.4, 0.5) is 0 Å². The van der Waals surface area contributed by atoms with Gasteiger partial charge in [-0.3, -0.25) is 0 Å². The van der Waals surface area contributed by atoms with Gasteiger partial charge in [-0.25, -0.2) is 13.1 Å². The Labute approximate surface area is 134 Å². The maximum Gasteiger partial charge on any atom is 0.233 e. The van der Waals surface area contributed by atoms with E-state index in [-0.39, 0.29) is 23.8 Å². The summed E-state index contributed by atoms with van der Waals surface area (Å²) in [6.45, 7) is 0.221. The summed E-state index contributed by atoms with van der Waals surface area (Å²) in [6, 6.07) is 10.6. The van der Waals surface area contributed by atoms with E-state index in [1.54, 1.807) is 24.3 Å². The van der Waals surface area contributed by atoms with Gasteiger partial charge in [-0.05, 0) is 47.9 Å². The zero-order valence-corrected chi connectivity index (χ0v) is 13.0. The van der Waals surface area contributed by atoms with Crippen molar-refractivity contribution in [1.29, 1.82) is 0 Å². The average Bonchev–Trinajstić information content (AvgIpc) is 2.50. The smallest absolute Gasteiger partial charge is 0.233 e. The maximum atomic E-state index is 11.9. The number of hydrogen-bond acceptors (Lipinski definition) is 5. The van der Waals surface area contributed by atoms with Gasteiger partial charge in [0.05, 0.1) is 0 Å². The Balaban J connectivity index is 1.92. The highest BCUT2D eigenvalue weighted by molar-refractivity contribution is 7.92. The highest BCUT2D eigenvalue weighted by atomic mass is 32.2. The first-order valence-electron chi connectivity index (χ1n) is 6.83. The van der Waals surface area contributed by atoms with Crippen LogP contribution >= 0.6 is 0 Å². The quantitative estimate of drug-likeness (QED) is 0.604. The molecule has 0 saturated heterocycles. The van der Waals surface area contributed by atoms with Gasteiger partial charge in [-0.1, -0.05) is 18.2 Å². The minimum absolute atomic E-state index is 0.161. The van der Waals surface area contributed by atoms with Crippen LogP contribution in [0.15, 0.2) is 47.9 Å². The molecule has 2 rings (SSSR count). The first-order chi connectivity index (χ1) is 10.9. The minimum Gasteiger partial charge on any atom is -0.508 e. The van der Waals surface area contributed by atoms with Crippen molar-refractivity contribution < 1.29 is 23.7 Å². The van der Waals surface area contributed by atoms with Crippen LogP contribution in [0.5, 0.6) is 17.2 Å². The fourth-order valence-corrected chi connectivity index (χ4v) is 2.68. The van der Waals surface area contributed by atoms with Crippen molar-refractivity contribution in [3.8, 4) is 17.2 Å². The normalized spacial score (nSPS) is 11.8. The Morgan fingerprint density at radius 3 is 2.30 bits per heavy atom. The van der Waals surface area contributed by atoms with E-state index in [0.717, 1.165) is 11.0 Å². The lowest BCUT2D eigenvalue weighted by atomic mass is 10.1. The molecule has 0 fully saturated rings. The summed E-state index contributed by atoms with van der Waals surface area (Å²) in [7, 11) is -3.61. The largest absolute Gasteiger partial charge is 0.508 e. The molecule has 0 radical (unpaired) electrons. The van der Waals surface area contributed by atoms with Gasteiger partial charge in [0.15, 0.2) is 11.5 Å². The fraction of sp³-hybridized carbons (Fsp3) is 0.125. The van der Waals surface area contributed by atoms with Crippen LogP contribution in [-0.2, 0) is 16.4 Å². The van der Waals surface area contributed by atoms with Crippen molar-refractivity contribution in [2.24, 2.45) is 0 Å². The van der Waals surface area contributed by atoms with Crippen LogP contribution in [0.25, 0.3) is 6.08 Å². The van der Waals surface area contributed by atoms with Crippen molar-refractivity contribution in [1.82, 2.24) is 4.72 Å². The Morgan fingerprint density at radius 2 is 1.65 bits per heavy atom. The van der Waals surface area contributed by atoms with Gasteiger partial charge in [0.1, 0.15) is 5.75 Å². The number of phenolic OH excluding ortho intramolecular Hbond substituents is 3. The second kappa shape index (κ2) is 7.17. The first-order valence-corrected chi connectivity index (χ1v) is 8.38. The van der Waals surface area contributed by atoms with E-state index in [2.05, 4.69) is 4.72 Å². The SMILES string of the molecule is O=S(=O)(/C=C/c1ccc(O)c(O)c1)NCCc1ccc(O)cc1. The molecule has 0 amide bonds. The molecule has 0 saturated carbocycles. The molecule has 2 aromatic carbocycles. The molecular weight excluding hydrogens is 318 g/mol. The molecule has 0 atom stereocenters. The number of rotatable bonds is 6. The van der Waals surface area contributed by atoms with E-state index in [1.165, 1.54) is 24.3 Å². The zero-order valence-electron chi connectivity index (χ0n) is 12.2. The molecule has 0 unspecified atom stereocenters. The predicted molar refractivity (Wildman–Crippen MR) is 87.5 cm³/mol. The number of phenols is 3. The van der Waals surface area contributed by atoms with Gasteiger partial charge in [-0.15, -0.1) is 0 Å². The average molecular weight is 335 g/mol. The van der Waals surface area contributed by atoms with E-state index in [1.807, 2.05) is 0 Å². The van der Waals surface area contributed by atoms with Crippen molar-refractivity contribution in [3.63, 3.8) is 0 Å². The highest BCUT2D eigenvalue weighted by Crippen LogP contribution is 2.25. The third-order valence-corrected chi connectivity index (χ3v) is 4.19. The summed E-state index contributed by atoms with van der Waals surface area (Å²) in [5.74, 6) is -0.420. The number of nitrogens with one attached hydrogen (secondary N) is 1. The molecule has 0 aromatic heterocycles. The molecule has 0 heterocycles. The van der Waals surface area contributed by atoms with E-state index < -0.39 is 10.0 Å². The lowest BCUT2D eigenvalue weighted by Crippen LogP contribution is -2.23. The lowest BCUT2D eigenvalue weighted by Gasteiger charge is -2.04. The summed E-state index contributed by atoms with van der Waals surface area (Å²) in [5.41, 5.74) is 1.35. The maximum absolute atomic E-state index is 11.9. The summed E-state index contributed by atoms with van der Waals surface area (Å²) < 4.78 is 26.1. The van der Waals surface area contributed by atoms with Crippen LogP contribution in [-0.4, -0.2) is 30.3 Å². The van der Waals surface area contributed by atoms with E-state index in [4.69, 9.17) is 0 Å². The molecule has 23 heavy (non-hydrogen) atoms. The van der Waals surface area contributed by atoms with Gasteiger partial charge in [-0.2, -0.15) is 0 Å². The topological polar surface area (TPSA) is 107 Å². The Hall–Kier alpha value is -2.51. The number of sulfonamides is 1. The summed E-state index contributed by atoms with van der Waals surface area (Å²) >= 11 is 0. The molecule has 7 heteroatoms. The Kier molecular flexibility index (Phi) is 5.25. The third kappa shape index (κ3) is 5.32. The molecule has 0 aliphatic heterocycles. The van der Waals surface area contributed by atoms with E-state index >= 15 is 0 Å². The van der Waals surface area contributed by atoms with Gasteiger partial charge in [0.2, 0.25) is 10.0 Å². The van der Waals surface area contributed by atoms with Crippen LogP contribution < -0.4 is 4.72 Å². The summed E-state index contributed by atoms with van der Waals surface area (Å²) in [4.78, 5) is 0. The van der Waals surface area contributed by atoms with Gasteiger partial charge in [0, 0.05) is 12.0 Å². The van der Waals surface area contributed by atoms with Gasteiger partial charge in [0.25, 0.3) is 0 Å². The number of aromatic hydroxyl groups is 3. The standard InChI is InChI=1S/C16H17NO5S/c18-14-4-1-12(2-5-14)7-9-17-23(21,22)10-8-13-3-6-15(19)16(20)11-13/h1-6,8,10-11,17-20H,7,9H2/b10-8+. The van der Waals surface area contributed by atoms with Crippen molar-refractivity contribution in [2.75, 3.05) is 6.54 Å². The van der Waals surface area contributed by atoms with Crippen molar-refractivity contribution in [2.45, 2.75) is 6.42 Å². The molecule has 0 bridgehead atoms. The van der Waals surface area contributed by atoms with Crippen LogP contribution in [0, 0.1) is 0 Å². The molecule has 6 nitrogen and oxygen atoms in total. The van der Waals surface area contributed by atoms with Gasteiger partial charge < -0.3 is 15.3 Å². The third-order valence-electron chi connectivity index (χ3n) is 3.09. The van der Waals surface area contributed by atoms with E-state index in [0.29, 0.717) is 12.0 Å². The molecule has 4 N–H and O–H groups in total. The zero-order chi connectivity index (χ0) is 16.9. The van der Waals surface area contributed by atoms with Crippen molar-refractivity contribution >= 4 is 16.1 Å². The van der Waals surface area contributed by atoms with E-state index in [9.17, 15) is 23.7 Å². The van der Waals surface area contributed by atoms with Gasteiger partial charge >= 0.3 is 0 Å². The molecule has 122 valence electrons. The number of hydrogen-bond donors (Lipinski definition) is 4. The Bertz CT molecular complexity index is 798. The molecule has 2 aromatic rings. The van der Waals surface area contributed by atoms with Crippen molar-refractivity contribution in [3.05, 3.63) is 59.0 Å². The predicted octanol–water partition coefficient (Wildman–Crippen LogP) is 1.94. The van der Waals surface area contributed by atoms with Crippen LogP contribution in [0.1, 0.15) is 11.1 Å². The van der Waals surface area contributed by atoms with Crippen LogP contribution in [0.3, 0.4) is 0 Å². The monoisotopic (exact) mass is 335 g/mol. The van der Waals surface area contributed by atoms with Crippen LogP contribution in [0.2, 0.25) is 0 Å². The second-order valence-electron chi connectivity index (χ2n) is 4.91. The lowest BCUT2D eigenvalue weighted by molar-refractivity contribution is 0.403. The molecule has 0 aliphatic carbocycles. The molecule has 0 aliphatic rings. The summed E-state index contributed by atoms with van der Waals surface area (Å²) in [5, 5.41) is 28.7. The fourth-order valence-electron chi connectivity index (χ4n) is 1.86. The summed E-state index contributed by atoms with van der Waals surface area (Å²) in [6.07, 6.45) is 1.81.